The van der Waals surface area contributed by atoms with E-state index in [0.29, 0.717) is 11.3 Å². The van der Waals surface area contributed by atoms with Gasteiger partial charge in [-0.05, 0) is 74.2 Å². The minimum Gasteiger partial charge on any atom is -0.324 e. The molecule has 0 aliphatic carbocycles. The number of hydrogen-bond donors (Lipinski definition) is 1. The number of aromatic nitrogens is 2. The third-order valence-corrected chi connectivity index (χ3v) is 5.14. The van der Waals surface area contributed by atoms with Crippen molar-refractivity contribution in [3.05, 3.63) is 88.9 Å². The Morgan fingerprint density at radius 1 is 0.933 bits per heavy atom. The smallest absolute Gasteiger partial charge is 0.227 e. The summed E-state index contributed by atoms with van der Waals surface area (Å²) in [5.41, 5.74) is 7.91. The highest BCUT2D eigenvalue weighted by atomic mass is 19.1. The first kappa shape index (κ1) is 19.8. The highest BCUT2D eigenvalue weighted by molar-refractivity contribution is 5.96. The maximum Gasteiger partial charge on any atom is 0.227 e. The molecule has 0 atom stereocenters. The minimum atomic E-state index is -0.295. The van der Waals surface area contributed by atoms with Crippen molar-refractivity contribution in [3.63, 3.8) is 0 Å². The van der Waals surface area contributed by atoms with E-state index < -0.39 is 0 Å². The fourth-order valence-corrected chi connectivity index (χ4v) is 3.84. The summed E-state index contributed by atoms with van der Waals surface area (Å²) >= 11 is 0. The molecule has 4 rings (SSSR count). The van der Waals surface area contributed by atoms with Crippen LogP contribution in [0.25, 0.3) is 28.1 Å². The number of rotatable bonds is 4. The van der Waals surface area contributed by atoms with Gasteiger partial charge in [0.25, 0.3) is 0 Å². The van der Waals surface area contributed by atoms with Gasteiger partial charge in [0.2, 0.25) is 5.95 Å². The topological polar surface area (TPSA) is 37.8 Å². The molecule has 0 unspecified atom stereocenters. The van der Waals surface area contributed by atoms with Crippen LogP contribution < -0.4 is 5.32 Å². The van der Waals surface area contributed by atoms with Crippen LogP contribution in [0.15, 0.2) is 60.8 Å². The molecule has 3 nitrogen and oxygen atoms in total. The summed E-state index contributed by atoms with van der Waals surface area (Å²) in [7, 11) is 0. The van der Waals surface area contributed by atoms with Crippen LogP contribution in [-0.4, -0.2) is 9.97 Å². The van der Waals surface area contributed by atoms with Gasteiger partial charge in [0.15, 0.2) is 0 Å². The molecule has 1 N–H and O–H groups in total. The molecule has 1 heterocycles. The highest BCUT2D eigenvalue weighted by Crippen LogP contribution is 2.34. The Morgan fingerprint density at radius 3 is 2.30 bits per heavy atom. The van der Waals surface area contributed by atoms with E-state index in [1.807, 2.05) is 44.2 Å². The molecule has 0 spiro atoms. The molecule has 4 heteroatoms. The molecular formula is C26H24FN3. The average Bonchev–Trinajstić information content (AvgIpc) is 2.70. The van der Waals surface area contributed by atoms with E-state index in [1.165, 1.54) is 11.6 Å². The molecule has 0 saturated heterocycles. The van der Waals surface area contributed by atoms with E-state index in [2.05, 4.69) is 42.4 Å². The predicted octanol–water partition coefficient (Wildman–Crippen LogP) is 7.14. The Kier molecular flexibility index (Phi) is 5.32. The van der Waals surface area contributed by atoms with Crippen molar-refractivity contribution in [2.24, 2.45) is 0 Å². The lowest BCUT2D eigenvalue weighted by Gasteiger charge is -2.15. The third kappa shape index (κ3) is 3.94. The second-order valence-corrected chi connectivity index (χ2v) is 7.61. The summed E-state index contributed by atoms with van der Waals surface area (Å²) < 4.78 is 14.4. The number of nitrogens with zero attached hydrogens (tertiary/aromatic N) is 2. The first-order valence-electron chi connectivity index (χ1n) is 9.99. The van der Waals surface area contributed by atoms with E-state index in [-0.39, 0.29) is 5.82 Å². The summed E-state index contributed by atoms with van der Waals surface area (Å²) in [5.74, 6) is 0.191. The Morgan fingerprint density at radius 2 is 1.63 bits per heavy atom. The van der Waals surface area contributed by atoms with Crippen LogP contribution in [0.1, 0.15) is 29.2 Å². The summed E-state index contributed by atoms with van der Waals surface area (Å²) in [6.45, 7) is 8.15. The molecule has 3 aromatic carbocycles. The molecule has 0 fully saturated rings. The van der Waals surface area contributed by atoms with Crippen molar-refractivity contribution < 1.29 is 4.39 Å². The molecule has 4 aromatic rings. The van der Waals surface area contributed by atoms with Gasteiger partial charge in [0.1, 0.15) is 5.82 Å². The highest BCUT2D eigenvalue weighted by Gasteiger charge is 2.14. The van der Waals surface area contributed by atoms with Gasteiger partial charge in [-0.1, -0.05) is 42.0 Å². The zero-order valence-corrected chi connectivity index (χ0v) is 17.6. The van der Waals surface area contributed by atoms with Crippen LogP contribution in [-0.2, 0) is 0 Å². The van der Waals surface area contributed by atoms with Gasteiger partial charge in [-0.25, -0.2) is 14.4 Å². The van der Waals surface area contributed by atoms with Gasteiger partial charge < -0.3 is 5.32 Å². The lowest BCUT2D eigenvalue weighted by Crippen LogP contribution is -1.99. The van der Waals surface area contributed by atoms with Gasteiger partial charge in [-0.2, -0.15) is 0 Å². The first-order chi connectivity index (χ1) is 14.4. The van der Waals surface area contributed by atoms with Crippen LogP contribution in [0, 0.1) is 26.6 Å². The average molecular weight is 397 g/mol. The maximum absolute atomic E-state index is 14.4. The zero-order chi connectivity index (χ0) is 21.3. The Balaban J connectivity index is 1.86. The number of anilines is 2. The van der Waals surface area contributed by atoms with E-state index in [4.69, 9.17) is 4.98 Å². The lowest BCUT2D eigenvalue weighted by atomic mass is 9.92. The Labute approximate surface area is 176 Å². The van der Waals surface area contributed by atoms with Crippen LogP contribution in [0.3, 0.4) is 0 Å². The van der Waals surface area contributed by atoms with Crippen LogP contribution >= 0.6 is 0 Å². The van der Waals surface area contributed by atoms with E-state index in [9.17, 15) is 4.39 Å². The molecule has 0 amide bonds. The Bertz CT molecular complexity index is 1230. The zero-order valence-electron chi connectivity index (χ0n) is 17.6. The molecule has 0 aliphatic heterocycles. The molecule has 0 aliphatic rings. The van der Waals surface area contributed by atoms with E-state index in [0.717, 1.165) is 39.0 Å². The molecule has 0 bridgehead atoms. The fourth-order valence-electron chi connectivity index (χ4n) is 3.84. The standard InChI is InChI=1S/C26H24FN3/c1-5-6-19-11-17(3)24(18(4)12-19)23-14-21(27)13-20-15-28-26(30-25(20)23)29-22-9-7-16(2)8-10-22/h5-15H,1-4H3,(H,28,29,30)/b6-5+. The van der Waals surface area contributed by atoms with Crippen molar-refractivity contribution in [1.29, 1.82) is 0 Å². The molecule has 30 heavy (non-hydrogen) atoms. The van der Waals surface area contributed by atoms with E-state index in [1.54, 1.807) is 12.3 Å². The van der Waals surface area contributed by atoms with Gasteiger partial charge in [0.05, 0.1) is 5.52 Å². The number of nitrogens with one attached hydrogen (secondary N) is 1. The van der Waals surface area contributed by atoms with Gasteiger partial charge >= 0.3 is 0 Å². The van der Waals surface area contributed by atoms with Crippen LogP contribution in [0.4, 0.5) is 16.0 Å². The normalized spacial score (nSPS) is 11.4. The fraction of sp³-hybridized carbons (Fsp3) is 0.154. The number of hydrogen-bond acceptors (Lipinski definition) is 3. The van der Waals surface area contributed by atoms with Crippen LogP contribution in [0.2, 0.25) is 0 Å². The van der Waals surface area contributed by atoms with Crippen molar-refractivity contribution in [2.45, 2.75) is 27.7 Å². The lowest BCUT2D eigenvalue weighted by molar-refractivity contribution is 0.630. The van der Waals surface area contributed by atoms with Crippen LogP contribution in [0.5, 0.6) is 0 Å². The Hall–Kier alpha value is -3.53. The molecule has 150 valence electrons. The molecule has 0 radical (unpaired) electrons. The van der Waals surface area contributed by atoms with Crippen molar-refractivity contribution in [1.82, 2.24) is 9.97 Å². The number of aryl methyl sites for hydroxylation is 3. The van der Waals surface area contributed by atoms with Crippen molar-refractivity contribution >= 4 is 28.6 Å². The molecule has 0 saturated carbocycles. The SMILES string of the molecule is C/C=C/c1cc(C)c(-c2cc(F)cc3cnc(Nc4ccc(C)cc4)nc23)c(C)c1. The number of allylic oxidation sites excluding steroid dienone is 1. The minimum absolute atomic E-state index is 0.295. The van der Waals surface area contributed by atoms with Gasteiger partial charge in [0, 0.05) is 22.8 Å². The number of benzene rings is 3. The monoisotopic (exact) mass is 397 g/mol. The first-order valence-corrected chi connectivity index (χ1v) is 9.99. The van der Waals surface area contributed by atoms with Crippen molar-refractivity contribution in [3.8, 4) is 11.1 Å². The van der Waals surface area contributed by atoms with Crippen molar-refractivity contribution in [2.75, 3.05) is 5.32 Å². The predicted molar refractivity (Wildman–Crippen MR) is 124 cm³/mol. The van der Waals surface area contributed by atoms with E-state index >= 15 is 0 Å². The largest absolute Gasteiger partial charge is 0.324 e. The number of halogens is 1. The molecule has 1 aromatic heterocycles. The second-order valence-electron chi connectivity index (χ2n) is 7.61. The maximum atomic E-state index is 14.4. The molecular weight excluding hydrogens is 373 g/mol. The third-order valence-electron chi connectivity index (χ3n) is 5.14. The second kappa shape index (κ2) is 8.07. The summed E-state index contributed by atoms with van der Waals surface area (Å²) in [6.07, 6.45) is 5.76. The van der Waals surface area contributed by atoms with Gasteiger partial charge in [-0.15, -0.1) is 0 Å². The van der Waals surface area contributed by atoms with Gasteiger partial charge in [-0.3, -0.25) is 0 Å². The summed E-state index contributed by atoms with van der Waals surface area (Å²) in [6, 6.07) is 15.3. The summed E-state index contributed by atoms with van der Waals surface area (Å²) in [4.78, 5) is 9.13. The summed E-state index contributed by atoms with van der Waals surface area (Å²) in [5, 5.41) is 3.92. The number of fused-ring (bicyclic) bond motifs is 1. The quantitative estimate of drug-likeness (QED) is 0.398.